The molecule has 2 atom stereocenters. The van der Waals surface area contributed by atoms with Crippen LogP contribution in [0.15, 0.2) is 24.3 Å². The zero-order chi connectivity index (χ0) is 17.9. The number of nitrogens with two attached hydrogens (primary N) is 1. The van der Waals surface area contributed by atoms with E-state index in [1.165, 1.54) is 0 Å². The van der Waals surface area contributed by atoms with Gasteiger partial charge in [-0.2, -0.15) is 0 Å². The van der Waals surface area contributed by atoms with Crippen molar-refractivity contribution in [1.29, 1.82) is 0 Å². The van der Waals surface area contributed by atoms with Crippen LogP contribution in [0.25, 0.3) is 0 Å². The van der Waals surface area contributed by atoms with Crippen LogP contribution < -0.4 is 5.73 Å². The molecule has 0 aromatic heterocycles. The Kier molecular flexibility index (Phi) is 5.97. The lowest BCUT2D eigenvalue weighted by atomic mass is 9.76. The van der Waals surface area contributed by atoms with Crippen LogP contribution in [0.1, 0.15) is 69.3 Å². The van der Waals surface area contributed by atoms with E-state index in [4.69, 9.17) is 5.73 Å². The maximum atomic E-state index is 12.9. The third-order valence-corrected chi connectivity index (χ3v) is 5.38. The molecule has 1 aromatic rings. The first-order valence-corrected chi connectivity index (χ1v) is 9.12. The molecule has 1 saturated carbocycles. The van der Waals surface area contributed by atoms with Gasteiger partial charge in [0.15, 0.2) is 5.78 Å². The van der Waals surface area contributed by atoms with E-state index in [0.717, 1.165) is 36.8 Å². The molecule has 1 aliphatic carbocycles. The highest BCUT2D eigenvalue weighted by molar-refractivity contribution is 6.00. The van der Waals surface area contributed by atoms with Gasteiger partial charge in [-0.3, -0.25) is 9.59 Å². The quantitative estimate of drug-likeness (QED) is 0.755. The van der Waals surface area contributed by atoms with Gasteiger partial charge < -0.3 is 5.73 Å². The Morgan fingerprint density at radius 1 is 1.17 bits per heavy atom. The van der Waals surface area contributed by atoms with Crippen LogP contribution in [-0.4, -0.2) is 11.6 Å². The molecule has 0 saturated heterocycles. The predicted molar refractivity (Wildman–Crippen MR) is 97.7 cm³/mol. The van der Waals surface area contributed by atoms with E-state index in [1.807, 2.05) is 52.0 Å². The number of rotatable bonds is 7. The molecule has 1 aromatic carbocycles. The number of hydrogen-bond acceptors (Lipinski definition) is 3. The molecule has 0 amide bonds. The zero-order valence-electron chi connectivity index (χ0n) is 15.5. The van der Waals surface area contributed by atoms with Crippen molar-refractivity contribution in [3.8, 4) is 0 Å². The summed E-state index contributed by atoms with van der Waals surface area (Å²) in [5.41, 5.74) is 7.01. The molecule has 0 aliphatic heterocycles. The summed E-state index contributed by atoms with van der Waals surface area (Å²) in [4.78, 5) is 25.1. The normalized spacial score (nSPS) is 21.2. The van der Waals surface area contributed by atoms with Gasteiger partial charge in [0.2, 0.25) is 0 Å². The summed E-state index contributed by atoms with van der Waals surface area (Å²) in [5, 5.41) is 0. The molecular weight excluding hydrogens is 298 g/mol. The van der Waals surface area contributed by atoms with Gasteiger partial charge in [-0.1, -0.05) is 52.0 Å². The Hall–Kier alpha value is -1.48. The summed E-state index contributed by atoms with van der Waals surface area (Å²) >= 11 is 0. The molecule has 0 bridgehead atoms. The van der Waals surface area contributed by atoms with Crippen molar-refractivity contribution in [3.63, 3.8) is 0 Å². The Morgan fingerprint density at radius 3 is 2.33 bits per heavy atom. The number of hydrogen-bond donors (Lipinski definition) is 1. The maximum absolute atomic E-state index is 12.9. The second-order valence-corrected chi connectivity index (χ2v) is 8.25. The lowest BCUT2D eigenvalue weighted by molar-refractivity contribution is -0.125. The maximum Gasteiger partial charge on any atom is 0.168 e. The molecule has 0 heterocycles. The Labute approximate surface area is 146 Å². The number of Topliss-reactive ketones (excluding diaryl/α,β-unsaturated/α-hetero) is 2. The fraction of sp³-hybridized carbons (Fsp3) is 0.619. The third-order valence-electron chi connectivity index (χ3n) is 5.38. The second kappa shape index (κ2) is 7.60. The van der Waals surface area contributed by atoms with Gasteiger partial charge >= 0.3 is 0 Å². The molecule has 1 fully saturated rings. The average Bonchev–Trinajstić information content (AvgIpc) is 3.01. The smallest absolute Gasteiger partial charge is 0.168 e. The monoisotopic (exact) mass is 329 g/mol. The minimum Gasteiger partial charge on any atom is -0.326 e. The van der Waals surface area contributed by atoms with Gasteiger partial charge in [-0.15, -0.1) is 0 Å². The highest BCUT2D eigenvalue weighted by atomic mass is 16.1. The molecule has 24 heavy (non-hydrogen) atoms. The van der Waals surface area contributed by atoms with Gasteiger partial charge in [-0.05, 0) is 37.2 Å². The van der Waals surface area contributed by atoms with Gasteiger partial charge in [0.1, 0.15) is 5.78 Å². The van der Waals surface area contributed by atoms with Crippen molar-refractivity contribution in [2.24, 2.45) is 28.9 Å². The van der Waals surface area contributed by atoms with E-state index in [0.29, 0.717) is 18.2 Å². The summed E-state index contributed by atoms with van der Waals surface area (Å²) in [6.07, 6.45) is 3.84. The van der Waals surface area contributed by atoms with E-state index in [2.05, 4.69) is 0 Å². The lowest BCUT2D eigenvalue weighted by Crippen LogP contribution is -2.27. The van der Waals surface area contributed by atoms with E-state index in [1.54, 1.807) is 0 Å². The van der Waals surface area contributed by atoms with Crippen molar-refractivity contribution in [1.82, 2.24) is 0 Å². The number of carbonyl (C=O) groups is 2. The predicted octanol–water partition coefficient (Wildman–Crippen LogP) is 4.39. The van der Waals surface area contributed by atoms with Crippen LogP contribution in [0.3, 0.4) is 0 Å². The summed E-state index contributed by atoms with van der Waals surface area (Å²) in [5.74, 6) is 1.36. The first kappa shape index (κ1) is 18.9. The van der Waals surface area contributed by atoms with E-state index < -0.39 is 5.41 Å². The molecular formula is C21H31NO2. The van der Waals surface area contributed by atoms with Crippen LogP contribution >= 0.6 is 0 Å². The first-order chi connectivity index (χ1) is 11.2. The van der Waals surface area contributed by atoms with Gasteiger partial charge in [0.05, 0.1) is 0 Å². The summed E-state index contributed by atoms with van der Waals surface area (Å²) < 4.78 is 0. The average molecular weight is 329 g/mol. The Morgan fingerprint density at radius 2 is 1.79 bits per heavy atom. The number of ketones is 2. The summed E-state index contributed by atoms with van der Waals surface area (Å²) in [6, 6.07) is 7.62. The molecule has 1 aliphatic rings. The van der Waals surface area contributed by atoms with Crippen LogP contribution in [0.5, 0.6) is 0 Å². The Bertz CT molecular complexity index is 586. The second-order valence-electron chi connectivity index (χ2n) is 8.25. The fourth-order valence-corrected chi connectivity index (χ4v) is 3.99. The van der Waals surface area contributed by atoms with E-state index in [9.17, 15) is 9.59 Å². The fourth-order valence-electron chi connectivity index (χ4n) is 3.99. The topological polar surface area (TPSA) is 60.2 Å². The van der Waals surface area contributed by atoms with Crippen molar-refractivity contribution >= 4 is 11.6 Å². The van der Waals surface area contributed by atoms with Crippen molar-refractivity contribution in [3.05, 3.63) is 35.4 Å². The number of carbonyl (C=O) groups excluding carboxylic acids is 2. The van der Waals surface area contributed by atoms with Gasteiger partial charge in [0.25, 0.3) is 0 Å². The largest absolute Gasteiger partial charge is 0.326 e. The molecule has 2 rings (SSSR count). The standard InChI is InChI=1S/C21H31NO2/c1-14(2)19(23)18-10-7-16(11-18)12-21(3,4)20(24)17-8-5-15(13-22)6-9-17/h5-6,8-9,14,16,18H,7,10-13,22H2,1-4H3. The van der Waals surface area contributed by atoms with Crippen LogP contribution in [0.4, 0.5) is 0 Å². The van der Waals surface area contributed by atoms with Crippen molar-refractivity contribution in [2.75, 3.05) is 0 Å². The zero-order valence-corrected chi connectivity index (χ0v) is 15.5. The van der Waals surface area contributed by atoms with E-state index in [-0.39, 0.29) is 17.6 Å². The van der Waals surface area contributed by atoms with Crippen LogP contribution in [0, 0.1) is 23.2 Å². The van der Waals surface area contributed by atoms with Gasteiger partial charge in [0, 0.05) is 29.4 Å². The molecule has 0 radical (unpaired) electrons. The molecule has 3 nitrogen and oxygen atoms in total. The minimum atomic E-state index is -0.398. The molecule has 132 valence electrons. The summed E-state index contributed by atoms with van der Waals surface area (Å²) in [7, 11) is 0. The first-order valence-electron chi connectivity index (χ1n) is 9.12. The third kappa shape index (κ3) is 4.32. The van der Waals surface area contributed by atoms with Crippen LogP contribution in [0.2, 0.25) is 0 Å². The summed E-state index contributed by atoms with van der Waals surface area (Å²) in [6.45, 7) is 8.51. The SMILES string of the molecule is CC(C)C(=O)C1CCC(CC(C)(C)C(=O)c2ccc(CN)cc2)C1. The van der Waals surface area contributed by atoms with Crippen molar-refractivity contribution < 1.29 is 9.59 Å². The lowest BCUT2D eigenvalue weighted by Gasteiger charge is -2.27. The van der Waals surface area contributed by atoms with Crippen LogP contribution in [-0.2, 0) is 11.3 Å². The van der Waals surface area contributed by atoms with Gasteiger partial charge in [-0.25, -0.2) is 0 Å². The highest BCUT2D eigenvalue weighted by Crippen LogP contribution is 2.41. The van der Waals surface area contributed by atoms with Crippen molar-refractivity contribution in [2.45, 2.75) is 59.9 Å². The molecule has 2 unspecified atom stereocenters. The molecule has 2 N–H and O–H groups in total. The number of benzene rings is 1. The van der Waals surface area contributed by atoms with E-state index >= 15 is 0 Å². The molecule has 0 spiro atoms. The highest BCUT2D eigenvalue weighted by Gasteiger charge is 2.37. The minimum absolute atomic E-state index is 0.115. The Balaban J connectivity index is 2.00. The molecule has 3 heteroatoms.